The smallest absolute Gasteiger partial charge is 0.138 e. The molecule has 0 aromatic heterocycles. The second-order valence-electron chi connectivity index (χ2n) is 3.81. The summed E-state index contributed by atoms with van der Waals surface area (Å²) in [5.74, 6) is 0.562. The Kier molecular flexibility index (Phi) is 4.48. The Morgan fingerprint density at radius 3 is 2.33 bits per heavy atom. The molecule has 0 aliphatic heterocycles. The normalized spacial score (nSPS) is 12.2. The summed E-state index contributed by atoms with van der Waals surface area (Å²) in [4.78, 5) is 0. The Labute approximate surface area is 116 Å². The Balaban J connectivity index is 1.98. The molecule has 0 aliphatic rings. The fourth-order valence-corrected chi connectivity index (χ4v) is 1.83. The number of rotatable bonds is 4. The summed E-state index contributed by atoms with van der Waals surface area (Å²) < 4.78 is 5.47. The molecule has 1 N–H and O–H groups in total. The van der Waals surface area contributed by atoms with Gasteiger partial charge in [-0.25, -0.2) is 0 Å². The number of ether oxygens (including phenoxy) is 1. The third-order valence-corrected chi connectivity index (χ3v) is 3.05. The molecule has 2 aromatic rings. The molecule has 0 fully saturated rings. The van der Waals surface area contributed by atoms with E-state index in [2.05, 4.69) is 0 Å². The van der Waals surface area contributed by atoms with E-state index < -0.39 is 6.10 Å². The first-order valence-electron chi connectivity index (χ1n) is 5.47. The van der Waals surface area contributed by atoms with E-state index in [1.165, 1.54) is 0 Å². The molecular weight excluding hydrogens is 271 g/mol. The summed E-state index contributed by atoms with van der Waals surface area (Å²) in [5, 5.41) is 11.1. The van der Waals surface area contributed by atoms with Gasteiger partial charge in [0.1, 0.15) is 18.5 Å². The lowest BCUT2D eigenvalue weighted by Crippen LogP contribution is -2.09. The second-order valence-corrected chi connectivity index (χ2v) is 4.65. The third kappa shape index (κ3) is 3.39. The molecule has 0 aliphatic carbocycles. The lowest BCUT2D eigenvalue weighted by molar-refractivity contribution is 0.108. The topological polar surface area (TPSA) is 29.5 Å². The molecule has 0 spiro atoms. The van der Waals surface area contributed by atoms with Crippen molar-refractivity contribution in [2.75, 3.05) is 6.61 Å². The molecule has 0 heterocycles. The van der Waals surface area contributed by atoms with Crippen LogP contribution in [0.3, 0.4) is 0 Å². The Morgan fingerprint density at radius 2 is 1.67 bits per heavy atom. The van der Waals surface area contributed by atoms with Crippen molar-refractivity contribution in [3.05, 3.63) is 64.1 Å². The van der Waals surface area contributed by atoms with Crippen LogP contribution in [0.25, 0.3) is 0 Å². The maximum atomic E-state index is 9.95. The lowest BCUT2D eigenvalue weighted by Gasteiger charge is -2.13. The van der Waals surface area contributed by atoms with Crippen LogP contribution >= 0.6 is 23.2 Å². The van der Waals surface area contributed by atoms with E-state index in [9.17, 15) is 5.11 Å². The van der Waals surface area contributed by atoms with Crippen molar-refractivity contribution in [3.63, 3.8) is 0 Å². The molecule has 94 valence electrons. The number of aliphatic hydroxyl groups is 1. The zero-order valence-electron chi connectivity index (χ0n) is 9.51. The molecule has 0 bridgehead atoms. The molecule has 0 radical (unpaired) electrons. The average Bonchev–Trinajstić information content (AvgIpc) is 2.38. The van der Waals surface area contributed by atoms with Gasteiger partial charge in [0.15, 0.2) is 0 Å². The number of halogens is 2. The largest absolute Gasteiger partial charge is 0.489 e. The van der Waals surface area contributed by atoms with Crippen LogP contribution < -0.4 is 4.74 Å². The predicted molar refractivity (Wildman–Crippen MR) is 73.4 cm³/mol. The molecule has 0 saturated heterocycles. The van der Waals surface area contributed by atoms with E-state index in [0.29, 0.717) is 15.8 Å². The van der Waals surface area contributed by atoms with Gasteiger partial charge in [-0.05, 0) is 29.8 Å². The highest BCUT2D eigenvalue weighted by molar-refractivity contribution is 6.32. The van der Waals surface area contributed by atoms with Gasteiger partial charge < -0.3 is 9.84 Å². The van der Waals surface area contributed by atoms with Crippen LogP contribution in [-0.2, 0) is 0 Å². The Bertz CT molecular complexity index is 511. The van der Waals surface area contributed by atoms with Gasteiger partial charge in [0.25, 0.3) is 0 Å². The standard InChI is InChI=1S/C14H12Cl2O2/c15-11-7-5-10(6-8-11)13(17)9-18-14-4-2-1-3-12(14)16/h1-8,13,17H,9H2. The summed E-state index contributed by atoms with van der Waals surface area (Å²) in [6.07, 6.45) is -0.710. The van der Waals surface area contributed by atoms with Gasteiger partial charge in [-0.1, -0.05) is 47.5 Å². The molecule has 18 heavy (non-hydrogen) atoms. The third-order valence-electron chi connectivity index (χ3n) is 2.49. The SMILES string of the molecule is OC(COc1ccccc1Cl)c1ccc(Cl)cc1. The highest BCUT2D eigenvalue weighted by Crippen LogP contribution is 2.25. The van der Waals surface area contributed by atoms with E-state index in [0.717, 1.165) is 5.56 Å². The predicted octanol–water partition coefficient (Wildman–Crippen LogP) is 4.11. The van der Waals surface area contributed by atoms with Crippen LogP contribution in [0.4, 0.5) is 0 Å². The van der Waals surface area contributed by atoms with Gasteiger partial charge in [0.2, 0.25) is 0 Å². The van der Waals surface area contributed by atoms with Crippen LogP contribution in [0.2, 0.25) is 10.0 Å². The van der Waals surface area contributed by atoms with Crippen molar-refractivity contribution >= 4 is 23.2 Å². The highest BCUT2D eigenvalue weighted by Gasteiger charge is 2.09. The zero-order chi connectivity index (χ0) is 13.0. The molecule has 2 aromatic carbocycles. The van der Waals surface area contributed by atoms with E-state index in [1.807, 2.05) is 12.1 Å². The minimum atomic E-state index is -0.710. The summed E-state index contributed by atoms with van der Waals surface area (Å²) >= 11 is 11.7. The second kappa shape index (κ2) is 6.10. The van der Waals surface area contributed by atoms with Gasteiger partial charge in [0.05, 0.1) is 5.02 Å². The molecule has 1 atom stereocenters. The minimum absolute atomic E-state index is 0.144. The minimum Gasteiger partial charge on any atom is -0.489 e. The fourth-order valence-electron chi connectivity index (χ4n) is 1.51. The van der Waals surface area contributed by atoms with Crippen molar-refractivity contribution < 1.29 is 9.84 Å². The number of benzene rings is 2. The molecule has 4 heteroatoms. The van der Waals surface area contributed by atoms with Crippen molar-refractivity contribution in [1.29, 1.82) is 0 Å². The summed E-state index contributed by atoms with van der Waals surface area (Å²) in [6, 6.07) is 14.2. The van der Waals surface area contributed by atoms with E-state index in [1.54, 1.807) is 36.4 Å². The summed E-state index contributed by atoms with van der Waals surface area (Å²) in [6.45, 7) is 0.144. The fraction of sp³-hybridized carbons (Fsp3) is 0.143. The zero-order valence-corrected chi connectivity index (χ0v) is 11.0. The van der Waals surface area contributed by atoms with Crippen molar-refractivity contribution in [2.45, 2.75) is 6.10 Å². The van der Waals surface area contributed by atoms with Gasteiger partial charge in [-0.2, -0.15) is 0 Å². The van der Waals surface area contributed by atoms with Gasteiger partial charge >= 0.3 is 0 Å². The van der Waals surface area contributed by atoms with Crippen LogP contribution in [-0.4, -0.2) is 11.7 Å². The lowest BCUT2D eigenvalue weighted by atomic mass is 10.1. The van der Waals surface area contributed by atoms with E-state index in [4.69, 9.17) is 27.9 Å². The van der Waals surface area contributed by atoms with Crippen molar-refractivity contribution in [1.82, 2.24) is 0 Å². The van der Waals surface area contributed by atoms with E-state index >= 15 is 0 Å². The molecule has 2 nitrogen and oxygen atoms in total. The first-order valence-corrected chi connectivity index (χ1v) is 6.23. The van der Waals surface area contributed by atoms with Crippen LogP contribution in [0.1, 0.15) is 11.7 Å². The Hall–Kier alpha value is -1.22. The first kappa shape index (κ1) is 13.2. The first-order chi connectivity index (χ1) is 8.66. The number of para-hydroxylation sites is 1. The number of hydrogen-bond donors (Lipinski definition) is 1. The van der Waals surface area contributed by atoms with Gasteiger partial charge in [-0.3, -0.25) is 0 Å². The summed E-state index contributed by atoms with van der Waals surface area (Å²) in [5.41, 5.74) is 0.756. The molecule has 2 rings (SSSR count). The van der Waals surface area contributed by atoms with Gasteiger partial charge in [-0.15, -0.1) is 0 Å². The number of aliphatic hydroxyl groups excluding tert-OH is 1. The van der Waals surface area contributed by atoms with Crippen molar-refractivity contribution in [2.24, 2.45) is 0 Å². The molecular formula is C14H12Cl2O2. The van der Waals surface area contributed by atoms with Gasteiger partial charge in [0, 0.05) is 5.02 Å². The molecule has 1 unspecified atom stereocenters. The quantitative estimate of drug-likeness (QED) is 0.915. The molecule has 0 saturated carbocycles. The summed E-state index contributed by atoms with van der Waals surface area (Å²) in [7, 11) is 0. The van der Waals surface area contributed by atoms with Crippen LogP contribution in [0.5, 0.6) is 5.75 Å². The maximum absolute atomic E-state index is 9.95. The monoisotopic (exact) mass is 282 g/mol. The van der Waals surface area contributed by atoms with Crippen molar-refractivity contribution in [3.8, 4) is 5.75 Å². The van der Waals surface area contributed by atoms with Crippen LogP contribution in [0.15, 0.2) is 48.5 Å². The average molecular weight is 283 g/mol. The Morgan fingerprint density at radius 1 is 1.00 bits per heavy atom. The maximum Gasteiger partial charge on any atom is 0.138 e. The number of hydrogen-bond acceptors (Lipinski definition) is 2. The highest BCUT2D eigenvalue weighted by atomic mass is 35.5. The van der Waals surface area contributed by atoms with Crippen LogP contribution in [0, 0.1) is 0 Å². The molecule has 0 amide bonds. The van der Waals surface area contributed by atoms with E-state index in [-0.39, 0.29) is 6.61 Å².